The molecule has 5 nitrogen and oxygen atoms in total. The third-order valence-corrected chi connectivity index (χ3v) is 2.79. The molecule has 1 aliphatic heterocycles. The predicted molar refractivity (Wildman–Crippen MR) is 65.0 cm³/mol. The molecule has 92 valence electrons. The number of rotatable bonds is 4. The van der Waals surface area contributed by atoms with Gasteiger partial charge in [0, 0.05) is 13.2 Å². The molecule has 1 saturated heterocycles. The molecule has 1 aromatic rings. The zero-order valence-electron chi connectivity index (χ0n) is 9.73. The highest BCUT2D eigenvalue weighted by atomic mass is 16.5. The van der Waals surface area contributed by atoms with Crippen LogP contribution in [-0.4, -0.2) is 32.3 Å². The van der Waals surface area contributed by atoms with E-state index in [1.54, 1.807) is 18.2 Å². The van der Waals surface area contributed by atoms with Crippen molar-refractivity contribution < 1.29 is 14.3 Å². The molecule has 2 rings (SSSR count). The van der Waals surface area contributed by atoms with Crippen molar-refractivity contribution in [1.82, 2.24) is 0 Å². The van der Waals surface area contributed by atoms with Crippen LogP contribution < -0.4 is 11.1 Å². The highest BCUT2D eigenvalue weighted by Gasteiger charge is 2.18. The number of carbonyl (C=O) groups is 1. The lowest BCUT2D eigenvalue weighted by Crippen LogP contribution is -2.33. The third-order valence-electron chi connectivity index (χ3n) is 2.79. The number of anilines is 2. The largest absolute Gasteiger partial charge is 0.465 e. The van der Waals surface area contributed by atoms with Crippen LogP contribution in [0.15, 0.2) is 18.2 Å². The van der Waals surface area contributed by atoms with Gasteiger partial charge >= 0.3 is 5.97 Å². The second-order valence-electron chi connectivity index (χ2n) is 3.96. The first-order chi connectivity index (χ1) is 8.20. The summed E-state index contributed by atoms with van der Waals surface area (Å²) < 4.78 is 9.95. The number of nitrogens with two attached hydrogens (primary N) is 1. The Bertz CT molecular complexity index is 416. The summed E-state index contributed by atoms with van der Waals surface area (Å²) in [5.74, 6) is -0.368. The van der Waals surface area contributed by atoms with E-state index in [-0.39, 0.29) is 12.1 Å². The highest BCUT2D eigenvalue weighted by Crippen LogP contribution is 2.21. The maximum atomic E-state index is 11.4. The van der Waals surface area contributed by atoms with E-state index < -0.39 is 0 Å². The van der Waals surface area contributed by atoms with E-state index in [0.717, 1.165) is 18.7 Å². The first-order valence-corrected chi connectivity index (χ1v) is 5.54. The van der Waals surface area contributed by atoms with Crippen molar-refractivity contribution >= 4 is 17.3 Å². The van der Waals surface area contributed by atoms with E-state index >= 15 is 0 Å². The first kappa shape index (κ1) is 11.7. The van der Waals surface area contributed by atoms with E-state index in [2.05, 4.69) is 10.1 Å². The van der Waals surface area contributed by atoms with Crippen LogP contribution in [0.1, 0.15) is 16.8 Å². The zero-order chi connectivity index (χ0) is 12.3. The fraction of sp³-hybridized carbons (Fsp3) is 0.417. The molecule has 5 heteroatoms. The number of ether oxygens (including phenoxy) is 2. The minimum absolute atomic E-state index is 0.246. The van der Waals surface area contributed by atoms with Crippen LogP contribution in [0, 0.1) is 0 Å². The Morgan fingerprint density at radius 2 is 2.41 bits per heavy atom. The summed E-state index contributed by atoms with van der Waals surface area (Å²) in [6.07, 6.45) is 1.31. The second-order valence-corrected chi connectivity index (χ2v) is 3.96. The summed E-state index contributed by atoms with van der Waals surface area (Å²) >= 11 is 0. The Balaban J connectivity index is 2.05. The van der Waals surface area contributed by atoms with Gasteiger partial charge in [-0.05, 0) is 24.6 Å². The van der Waals surface area contributed by atoms with E-state index in [9.17, 15) is 4.79 Å². The van der Waals surface area contributed by atoms with Crippen molar-refractivity contribution in [3.05, 3.63) is 23.8 Å². The number of carbonyl (C=O) groups excluding carboxylic acids is 1. The standard InChI is InChI=1S/C12H16N2O3/c1-16-12(15)8-2-3-10(13)11(6-8)14-7-9-4-5-17-9/h2-3,6,9,14H,4-5,7,13H2,1H3/t9-/m0/s1. The second kappa shape index (κ2) is 5.05. The van der Waals surface area contributed by atoms with Crippen molar-refractivity contribution in [3.63, 3.8) is 0 Å². The molecule has 1 fully saturated rings. The molecule has 3 N–H and O–H groups in total. The molecule has 0 bridgehead atoms. The first-order valence-electron chi connectivity index (χ1n) is 5.54. The SMILES string of the molecule is COC(=O)c1ccc(N)c(NC[C@@H]2CCO2)c1. The number of methoxy groups -OCH3 is 1. The Kier molecular flexibility index (Phi) is 3.49. The summed E-state index contributed by atoms with van der Waals surface area (Å²) in [5.41, 5.74) is 7.65. The Labute approximate surface area is 99.9 Å². The maximum Gasteiger partial charge on any atom is 0.337 e. The van der Waals surface area contributed by atoms with Crippen LogP contribution in [0.25, 0.3) is 0 Å². The fourth-order valence-electron chi connectivity index (χ4n) is 1.62. The Hall–Kier alpha value is -1.75. The highest BCUT2D eigenvalue weighted by molar-refractivity contribution is 5.91. The van der Waals surface area contributed by atoms with Crippen molar-refractivity contribution in [2.45, 2.75) is 12.5 Å². The Morgan fingerprint density at radius 3 is 3.00 bits per heavy atom. The van der Waals surface area contributed by atoms with E-state index in [1.165, 1.54) is 7.11 Å². The van der Waals surface area contributed by atoms with Crippen LogP contribution in [-0.2, 0) is 9.47 Å². The lowest BCUT2D eigenvalue weighted by Gasteiger charge is -2.27. The summed E-state index contributed by atoms with van der Waals surface area (Å²) in [7, 11) is 1.36. The molecular formula is C12H16N2O3. The molecule has 0 saturated carbocycles. The van der Waals surface area contributed by atoms with E-state index in [0.29, 0.717) is 17.8 Å². The molecule has 1 aromatic carbocycles. The van der Waals surface area contributed by atoms with Crippen LogP contribution in [0.4, 0.5) is 11.4 Å². The normalized spacial score (nSPS) is 18.3. The monoisotopic (exact) mass is 236 g/mol. The molecule has 17 heavy (non-hydrogen) atoms. The Morgan fingerprint density at radius 1 is 1.65 bits per heavy atom. The lowest BCUT2D eigenvalue weighted by atomic mass is 10.1. The predicted octanol–water partition coefficient (Wildman–Crippen LogP) is 1.26. The molecule has 1 atom stereocenters. The number of esters is 1. The van der Waals surface area contributed by atoms with E-state index in [1.807, 2.05) is 0 Å². The van der Waals surface area contributed by atoms with Crippen LogP contribution in [0.2, 0.25) is 0 Å². The number of hydrogen-bond acceptors (Lipinski definition) is 5. The molecule has 0 radical (unpaired) electrons. The van der Waals surface area contributed by atoms with Gasteiger partial charge in [-0.1, -0.05) is 0 Å². The molecule has 1 heterocycles. The topological polar surface area (TPSA) is 73.6 Å². The van der Waals surface area contributed by atoms with Gasteiger partial charge < -0.3 is 20.5 Å². The summed E-state index contributed by atoms with van der Waals surface area (Å²) in [5, 5.41) is 3.18. The molecular weight excluding hydrogens is 220 g/mol. The van der Waals surface area contributed by atoms with Gasteiger partial charge in [-0.3, -0.25) is 0 Å². The number of hydrogen-bond donors (Lipinski definition) is 2. The van der Waals surface area contributed by atoms with Crippen LogP contribution in [0.5, 0.6) is 0 Å². The summed E-state index contributed by atoms with van der Waals surface area (Å²) in [6, 6.07) is 5.03. The van der Waals surface area contributed by atoms with Crippen molar-refractivity contribution in [2.75, 3.05) is 31.3 Å². The van der Waals surface area contributed by atoms with Crippen LogP contribution in [0.3, 0.4) is 0 Å². The van der Waals surface area contributed by atoms with Gasteiger partial charge in [0.25, 0.3) is 0 Å². The number of nitrogen functional groups attached to an aromatic ring is 1. The number of benzene rings is 1. The zero-order valence-corrected chi connectivity index (χ0v) is 9.73. The van der Waals surface area contributed by atoms with Gasteiger partial charge in [0.05, 0.1) is 30.2 Å². The van der Waals surface area contributed by atoms with Gasteiger partial charge in [-0.25, -0.2) is 4.79 Å². The molecule has 0 aromatic heterocycles. The molecule has 0 amide bonds. The van der Waals surface area contributed by atoms with Gasteiger partial charge in [-0.2, -0.15) is 0 Å². The van der Waals surface area contributed by atoms with Crippen molar-refractivity contribution in [1.29, 1.82) is 0 Å². The smallest absolute Gasteiger partial charge is 0.337 e. The number of nitrogens with one attached hydrogen (secondary N) is 1. The average Bonchev–Trinajstić information content (AvgIpc) is 2.28. The quantitative estimate of drug-likeness (QED) is 0.608. The molecule has 0 spiro atoms. The van der Waals surface area contributed by atoms with Crippen molar-refractivity contribution in [3.8, 4) is 0 Å². The van der Waals surface area contributed by atoms with Gasteiger partial charge in [-0.15, -0.1) is 0 Å². The van der Waals surface area contributed by atoms with Crippen LogP contribution >= 0.6 is 0 Å². The fourth-order valence-corrected chi connectivity index (χ4v) is 1.62. The van der Waals surface area contributed by atoms with Gasteiger partial charge in [0.2, 0.25) is 0 Å². The van der Waals surface area contributed by atoms with Gasteiger partial charge in [0.1, 0.15) is 0 Å². The average molecular weight is 236 g/mol. The minimum atomic E-state index is -0.368. The molecule has 1 aliphatic rings. The molecule has 0 aliphatic carbocycles. The molecule has 0 unspecified atom stereocenters. The summed E-state index contributed by atoms with van der Waals surface area (Å²) in [4.78, 5) is 11.4. The van der Waals surface area contributed by atoms with E-state index in [4.69, 9.17) is 10.5 Å². The lowest BCUT2D eigenvalue weighted by molar-refractivity contribution is -0.0410. The summed E-state index contributed by atoms with van der Waals surface area (Å²) in [6.45, 7) is 1.53. The minimum Gasteiger partial charge on any atom is -0.465 e. The third kappa shape index (κ3) is 2.68. The van der Waals surface area contributed by atoms with Gasteiger partial charge in [0.15, 0.2) is 0 Å². The maximum absolute atomic E-state index is 11.4. The van der Waals surface area contributed by atoms with Crippen molar-refractivity contribution in [2.24, 2.45) is 0 Å².